The van der Waals surface area contributed by atoms with E-state index in [1.165, 1.54) is 16.2 Å². The fourth-order valence-electron chi connectivity index (χ4n) is 5.56. The quantitative estimate of drug-likeness (QED) is 0.0774. The van der Waals surface area contributed by atoms with Crippen molar-refractivity contribution in [2.24, 2.45) is 0 Å². The van der Waals surface area contributed by atoms with Crippen LogP contribution in [-0.2, 0) is 9.59 Å². The van der Waals surface area contributed by atoms with Gasteiger partial charge in [-0.2, -0.15) is 0 Å². The Morgan fingerprint density at radius 1 is 0.977 bits per heavy atom. The minimum atomic E-state index is -0.929. The predicted molar refractivity (Wildman–Crippen MR) is 172 cm³/mol. The van der Waals surface area contributed by atoms with Crippen LogP contribution < -0.4 is 14.4 Å². The molecule has 1 aliphatic heterocycles. The van der Waals surface area contributed by atoms with E-state index in [9.17, 15) is 14.7 Å². The van der Waals surface area contributed by atoms with E-state index in [4.69, 9.17) is 19.4 Å². The number of fused-ring (bicyclic) bond motifs is 2. The van der Waals surface area contributed by atoms with Crippen LogP contribution in [0.25, 0.3) is 21.6 Å². The third kappa shape index (κ3) is 5.19. The van der Waals surface area contributed by atoms with Crippen LogP contribution in [0.2, 0.25) is 0 Å². The minimum Gasteiger partial charge on any atom is -0.505 e. The number of aliphatic hydroxyl groups is 1. The number of benzene rings is 2. The second-order valence-corrected chi connectivity index (χ2v) is 11.8. The number of ketones is 1. The summed E-state index contributed by atoms with van der Waals surface area (Å²) in [4.78, 5) is 38.4. The molecule has 0 saturated carbocycles. The summed E-state index contributed by atoms with van der Waals surface area (Å²) >= 11 is 1.29. The van der Waals surface area contributed by atoms with Gasteiger partial charge in [0.25, 0.3) is 5.78 Å². The Kier molecular flexibility index (Phi) is 8.09. The number of nitrogens with zero attached hydrogens (tertiary/aromatic N) is 4. The molecule has 1 aliphatic rings. The first kappa shape index (κ1) is 29.4. The Bertz CT molecular complexity index is 1910. The van der Waals surface area contributed by atoms with Gasteiger partial charge in [0.15, 0.2) is 10.9 Å². The molecule has 1 fully saturated rings. The molecule has 1 amide bonds. The maximum atomic E-state index is 13.8. The van der Waals surface area contributed by atoms with Crippen molar-refractivity contribution in [3.05, 3.63) is 88.9 Å². The fraction of sp³-hybridized carbons (Fsp3) is 0.294. The van der Waals surface area contributed by atoms with E-state index in [0.29, 0.717) is 52.3 Å². The number of unbranched alkanes of at least 4 members (excludes halogenated alkanes) is 2. The summed E-state index contributed by atoms with van der Waals surface area (Å²) in [5.41, 5.74) is 3.77. The summed E-state index contributed by atoms with van der Waals surface area (Å²) in [7, 11) is 0. The number of imidazole rings is 1. The van der Waals surface area contributed by atoms with Gasteiger partial charge in [0.05, 0.1) is 40.7 Å². The van der Waals surface area contributed by atoms with Crippen molar-refractivity contribution in [2.75, 3.05) is 18.1 Å². The lowest BCUT2D eigenvalue weighted by Gasteiger charge is -2.23. The number of anilines is 1. The summed E-state index contributed by atoms with van der Waals surface area (Å²) in [6, 6.07) is 15.7. The monoisotopic (exact) mass is 610 g/mol. The van der Waals surface area contributed by atoms with Crippen molar-refractivity contribution in [2.45, 2.75) is 53.0 Å². The lowest BCUT2D eigenvalue weighted by molar-refractivity contribution is -0.132. The molecule has 1 atom stereocenters. The van der Waals surface area contributed by atoms with Crippen molar-refractivity contribution in [1.29, 1.82) is 0 Å². The molecule has 1 unspecified atom stereocenters. The molecule has 6 rings (SSSR count). The molecule has 1 N–H and O–H groups in total. The van der Waals surface area contributed by atoms with E-state index >= 15 is 0 Å². The molecular formula is C34H34N4O5S. The molecule has 0 spiro atoms. The highest BCUT2D eigenvalue weighted by molar-refractivity contribution is 7.22. The lowest BCUT2D eigenvalue weighted by Crippen LogP contribution is -2.29. The largest absolute Gasteiger partial charge is 0.505 e. The number of aliphatic hydroxyl groups excluding tert-OH is 1. The standard InChI is InChI=1S/C34H34N4O5S/c1-5-7-8-18-43-23-13-11-22(12-14-23)29-27(30(39)28-21(4)37-17-9-10-20(3)32(37)36-28)31(40)33(41)38(29)34-35-25-16-15-24(42-6-2)19-26(25)44-34/h9-17,19,29,39H,5-8,18H2,1-4H3/b30-27+. The Morgan fingerprint density at radius 2 is 1.75 bits per heavy atom. The first-order valence-corrected chi connectivity index (χ1v) is 15.7. The van der Waals surface area contributed by atoms with Gasteiger partial charge in [-0.3, -0.25) is 14.5 Å². The van der Waals surface area contributed by atoms with E-state index in [0.717, 1.165) is 29.5 Å². The van der Waals surface area contributed by atoms with E-state index < -0.39 is 17.7 Å². The molecule has 5 aromatic rings. The third-order valence-electron chi connectivity index (χ3n) is 7.83. The molecule has 3 aromatic heterocycles. The average Bonchev–Trinajstić information content (AvgIpc) is 3.67. The average molecular weight is 611 g/mol. The van der Waals surface area contributed by atoms with Crippen LogP contribution in [-0.4, -0.2) is 44.4 Å². The van der Waals surface area contributed by atoms with E-state index in [-0.39, 0.29) is 17.0 Å². The number of rotatable bonds is 10. The van der Waals surface area contributed by atoms with Gasteiger partial charge < -0.3 is 19.0 Å². The van der Waals surface area contributed by atoms with E-state index in [1.807, 2.05) is 86.0 Å². The second kappa shape index (κ2) is 12.1. The third-order valence-corrected chi connectivity index (χ3v) is 8.85. The van der Waals surface area contributed by atoms with Crippen molar-refractivity contribution >= 4 is 49.8 Å². The van der Waals surface area contributed by atoms with Gasteiger partial charge in [0.1, 0.15) is 22.8 Å². The maximum absolute atomic E-state index is 13.8. The van der Waals surface area contributed by atoms with Crippen molar-refractivity contribution in [3.63, 3.8) is 0 Å². The van der Waals surface area contributed by atoms with Crippen LogP contribution in [0.15, 0.2) is 66.4 Å². The number of amides is 1. The summed E-state index contributed by atoms with van der Waals surface area (Å²) in [6.07, 6.45) is 5.00. The molecule has 10 heteroatoms. The number of Topliss-reactive ketones (excluding diaryl/α,β-unsaturated/α-hetero) is 1. The highest BCUT2D eigenvalue weighted by atomic mass is 32.1. The Morgan fingerprint density at radius 3 is 2.48 bits per heavy atom. The van der Waals surface area contributed by atoms with Crippen LogP contribution in [0.3, 0.4) is 0 Å². The number of thiazole rings is 1. The first-order chi connectivity index (χ1) is 21.3. The predicted octanol–water partition coefficient (Wildman–Crippen LogP) is 7.15. The molecule has 0 aliphatic carbocycles. The Hall–Kier alpha value is -4.70. The number of ether oxygens (including phenoxy) is 2. The zero-order chi connectivity index (χ0) is 31.0. The SMILES string of the molecule is CCCCCOc1ccc(C2/C(=C(\O)c3nc4c(C)cccn4c3C)C(=O)C(=O)N2c2nc3ccc(OCC)cc3s2)cc1. The van der Waals surface area contributed by atoms with Gasteiger partial charge in [-0.15, -0.1) is 0 Å². The number of hydrogen-bond donors (Lipinski definition) is 1. The normalized spacial score (nSPS) is 16.4. The summed E-state index contributed by atoms with van der Waals surface area (Å²) in [5, 5.41) is 12.1. The van der Waals surface area contributed by atoms with Gasteiger partial charge in [-0.25, -0.2) is 9.97 Å². The number of carbonyl (C=O) groups excluding carboxylic acids is 2. The lowest BCUT2D eigenvalue weighted by atomic mass is 9.96. The zero-order valence-corrected chi connectivity index (χ0v) is 26.0. The summed E-state index contributed by atoms with van der Waals surface area (Å²) in [5.74, 6) is -0.498. The maximum Gasteiger partial charge on any atom is 0.301 e. The van der Waals surface area contributed by atoms with Crippen LogP contribution in [0.1, 0.15) is 61.7 Å². The molecule has 9 nitrogen and oxygen atoms in total. The van der Waals surface area contributed by atoms with Crippen LogP contribution >= 0.6 is 11.3 Å². The fourth-order valence-corrected chi connectivity index (χ4v) is 6.58. The summed E-state index contributed by atoms with van der Waals surface area (Å²) < 4.78 is 14.2. The number of pyridine rings is 1. The number of aryl methyl sites for hydroxylation is 2. The number of hydrogen-bond acceptors (Lipinski definition) is 8. The highest BCUT2D eigenvalue weighted by Crippen LogP contribution is 2.45. The van der Waals surface area contributed by atoms with Gasteiger partial charge >= 0.3 is 5.91 Å². The van der Waals surface area contributed by atoms with Crippen molar-refractivity contribution in [1.82, 2.24) is 14.4 Å². The Balaban J connectivity index is 1.48. The van der Waals surface area contributed by atoms with Crippen molar-refractivity contribution < 1.29 is 24.2 Å². The van der Waals surface area contributed by atoms with Gasteiger partial charge in [-0.1, -0.05) is 49.3 Å². The second-order valence-electron chi connectivity index (χ2n) is 10.8. The summed E-state index contributed by atoms with van der Waals surface area (Å²) in [6.45, 7) is 8.94. The molecule has 4 heterocycles. The first-order valence-electron chi connectivity index (χ1n) is 14.8. The molecular weight excluding hydrogens is 576 g/mol. The van der Waals surface area contributed by atoms with Crippen LogP contribution in [0.4, 0.5) is 5.13 Å². The van der Waals surface area contributed by atoms with Gasteiger partial charge in [-0.05, 0) is 74.7 Å². The molecule has 0 bridgehead atoms. The smallest absolute Gasteiger partial charge is 0.301 e. The molecule has 2 aromatic carbocycles. The minimum absolute atomic E-state index is 0.0370. The van der Waals surface area contributed by atoms with Gasteiger partial charge in [0.2, 0.25) is 0 Å². The van der Waals surface area contributed by atoms with Crippen LogP contribution in [0.5, 0.6) is 11.5 Å². The number of aromatic nitrogens is 3. The van der Waals surface area contributed by atoms with E-state index in [1.54, 1.807) is 0 Å². The molecule has 1 saturated heterocycles. The molecule has 0 radical (unpaired) electrons. The topological polar surface area (TPSA) is 106 Å². The zero-order valence-electron chi connectivity index (χ0n) is 25.2. The molecule has 44 heavy (non-hydrogen) atoms. The van der Waals surface area contributed by atoms with Crippen molar-refractivity contribution in [3.8, 4) is 11.5 Å². The van der Waals surface area contributed by atoms with Gasteiger partial charge in [0, 0.05) is 6.20 Å². The van der Waals surface area contributed by atoms with Crippen LogP contribution in [0, 0.1) is 13.8 Å². The molecule has 226 valence electrons. The highest BCUT2D eigenvalue weighted by Gasteiger charge is 2.48. The number of carbonyl (C=O) groups is 2. The van der Waals surface area contributed by atoms with E-state index in [2.05, 4.69) is 6.92 Å². The Labute approximate surface area is 259 Å².